The maximum Gasteiger partial charge on any atom is 0.225 e. The summed E-state index contributed by atoms with van der Waals surface area (Å²) in [5, 5.41) is 16.1. The van der Waals surface area contributed by atoms with E-state index in [2.05, 4.69) is 17.6 Å². The van der Waals surface area contributed by atoms with Crippen molar-refractivity contribution in [3.8, 4) is 0 Å². The van der Waals surface area contributed by atoms with Crippen LogP contribution in [0.2, 0.25) is 0 Å². The highest BCUT2D eigenvalue weighted by atomic mass is 16.3. The molecule has 1 rings (SSSR count). The Hall–Kier alpha value is -1.39. The number of hydrogen-bond donors (Lipinski definition) is 3. The third kappa shape index (κ3) is 5.78. The fourth-order valence-corrected chi connectivity index (χ4v) is 2.23. The van der Waals surface area contributed by atoms with Gasteiger partial charge in [-0.2, -0.15) is 0 Å². The predicted molar refractivity (Wildman–Crippen MR) is 92.1 cm³/mol. The van der Waals surface area contributed by atoms with Crippen molar-refractivity contribution in [3.63, 3.8) is 0 Å². The second kappa shape index (κ2) is 8.91. The van der Waals surface area contributed by atoms with Crippen molar-refractivity contribution in [1.29, 1.82) is 0 Å². The Morgan fingerprint density at radius 3 is 2.59 bits per heavy atom. The maximum absolute atomic E-state index is 12.1. The fraction of sp³-hybridized carbons (Fsp3) is 0.611. The van der Waals surface area contributed by atoms with Crippen LogP contribution in [0.15, 0.2) is 18.2 Å². The van der Waals surface area contributed by atoms with Gasteiger partial charge in [-0.25, -0.2) is 0 Å². The lowest BCUT2D eigenvalue weighted by atomic mass is 10.0. The van der Waals surface area contributed by atoms with Crippen LogP contribution in [0.25, 0.3) is 0 Å². The van der Waals surface area contributed by atoms with Gasteiger partial charge in [0.25, 0.3) is 0 Å². The molecule has 0 aromatic heterocycles. The summed E-state index contributed by atoms with van der Waals surface area (Å²) in [6, 6.07) is 5.93. The first kappa shape index (κ1) is 18.7. The second-order valence-corrected chi connectivity index (χ2v) is 6.26. The summed E-state index contributed by atoms with van der Waals surface area (Å²) in [6.07, 6.45) is 0.972. The van der Waals surface area contributed by atoms with Crippen molar-refractivity contribution < 1.29 is 9.90 Å². The quantitative estimate of drug-likeness (QED) is 0.692. The van der Waals surface area contributed by atoms with Gasteiger partial charge in [0.2, 0.25) is 5.91 Å². The highest BCUT2D eigenvalue weighted by molar-refractivity contribution is 5.92. The molecule has 4 heteroatoms. The molecule has 0 fully saturated rings. The van der Waals surface area contributed by atoms with E-state index in [1.807, 2.05) is 45.9 Å². The average Bonchev–Trinajstić information content (AvgIpc) is 2.48. The maximum atomic E-state index is 12.1. The van der Waals surface area contributed by atoms with Crippen molar-refractivity contribution in [3.05, 3.63) is 29.3 Å². The number of aliphatic hydroxyl groups is 1. The summed E-state index contributed by atoms with van der Waals surface area (Å²) < 4.78 is 0. The van der Waals surface area contributed by atoms with Crippen molar-refractivity contribution in [2.75, 3.05) is 11.9 Å². The summed E-state index contributed by atoms with van der Waals surface area (Å²) in [5.74, 6) is 0.259. The second-order valence-electron chi connectivity index (χ2n) is 6.26. The van der Waals surface area contributed by atoms with Crippen LogP contribution in [-0.2, 0) is 4.79 Å². The van der Waals surface area contributed by atoms with E-state index in [1.54, 1.807) is 0 Å². The lowest BCUT2D eigenvalue weighted by Gasteiger charge is -2.21. The Morgan fingerprint density at radius 2 is 1.95 bits per heavy atom. The van der Waals surface area contributed by atoms with E-state index in [0.29, 0.717) is 13.0 Å². The van der Waals surface area contributed by atoms with Crippen molar-refractivity contribution in [2.24, 2.45) is 5.92 Å². The number of benzene rings is 1. The number of rotatable bonds is 8. The Morgan fingerprint density at radius 1 is 1.27 bits per heavy atom. The van der Waals surface area contributed by atoms with Gasteiger partial charge in [0.15, 0.2) is 0 Å². The first-order valence-electron chi connectivity index (χ1n) is 8.12. The minimum atomic E-state index is -0.366. The summed E-state index contributed by atoms with van der Waals surface area (Å²) in [7, 11) is 0. The van der Waals surface area contributed by atoms with E-state index in [9.17, 15) is 9.90 Å². The molecular weight excluding hydrogens is 276 g/mol. The van der Waals surface area contributed by atoms with Gasteiger partial charge in [0.1, 0.15) is 0 Å². The molecule has 0 aliphatic rings. The monoisotopic (exact) mass is 306 g/mol. The molecular formula is C18H30N2O2. The first-order chi connectivity index (χ1) is 10.3. The van der Waals surface area contributed by atoms with E-state index < -0.39 is 0 Å². The molecule has 22 heavy (non-hydrogen) atoms. The predicted octanol–water partition coefficient (Wildman–Crippen LogP) is 3.02. The molecule has 1 aromatic carbocycles. The summed E-state index contributed by atoms with van der Waals surface area (Å²) in [4.78, 5) is 12.1. The van der Waals surface area contributed by atoms with Crippen LogP contribution in [0.3, 0.4) is 0 Å². The van der Waals surface area contributed by atoms with Crippen LogP contribution in [-0.4, -0.2) is 29.7 Å². The van der Waals surface area contributed by atoms with Gasteiger partial charge < -0.3 is 15.7 Å². The minimum absolute atomic E-state index is 0.00766. The standard InChI is InChI=1S/C18H30N2O2/c1-6-12(2)17(21)11-19-14(4)10-18(22)20-16-9-7-8-13(3)15(16)5/h7-9,12,14,17,19,21H,6,10-11H2,1-5H3,(H,20,22). The highest BCUT2D eigenvalue weighted by Gasteiger charge is 2.15. The first-order valence-corrected chi connectivity index (χ1v) is 8.12. The van der Waals surface area contributed by atoms with E-state index in [-0.39, 0.29) is 24.0 Å². The smallest absolute Gasteiger partial charge is 0.225 e. The number of aryl methyl sites for hydroxylation is 1. The number of nitrogens with one attached hydrogen (secondary N) is 2. The van der Waals surface area contributed by atoms with Crippen molar-refractivity contribution >= 4 is 11.6 Å². The number of anilines is 1. The summed E-state index contributed by atoms with van der Waals surface area (Å²) in [6.45, 7) is 10.6. The van der Waals surface area contributed by atoms with Crippen LogP contribution in [0, 0.1) is 19.8 Å². The molecule has 124 valence electrons. The van der Waals surface area contributed by atoms with Gasteiger partial charge in [-0.15, -0.1) is 0 Å². The number of aliphatic hydroxyl groups excluding tert-OH is 1. The molecule has 0 bridgehead atoms. The van der Waals surface area contributed by atoms with Crippen LogP contribution in [0.5, 0.6) is 0 Å². The van der Waals surface area contributed by atoms with Gasteiger partial charge in [-0.1, -0.05) is 32.4 Å². The van der Waals surface area contributed by atoms with E-state index in [4.69, 9.17) is 0 Å². The number of amides is 1. The number of carbonyl (C=O) groups is 1. The Balaban J connectivity index is 2.43. The summed E-state index contributed by atoms with van der Waals surface area (Å²) >= 11 is 0. The highest BCUT2D eigenvalue weighted by Crippen LogP contribution is 2.18. The molecule has 0 heterocycles. The Bertz CT molecular complexity index is 488. The van der Waals surface area contributed by atoms with E-state index in [1.165, 1.54) is 5.56 Å². The zero-order valence-corrected chi connectivity index (χ0v) is 14.4. The van der Waals surface area contributed by atoms with Crippen LogP contribution in [0.4, 0.5) is 5.69 Å². The van der Waals surface area contributed by atoms with Crippen LogP contribution < -0.4 is 10.6 Å². The molecule has 0 spiro atoms. The molecule has 0 aliphatic heterocycles. The molecule has 1 amide bonds. The molecule has 0 saturated heterocycles. The molecule has 1 aromatic rings. The fourth-order valence-electron chi connectivity index (χ4n) is 2.23. The van der Waals surface area contributed by atoms with E-state index >= 15 is 0 Å². The minimum Gasteiger partial charge on any atom is -0.392 e. The normalized spacial score (nSPS) is 15.2. The van der Waals surface area contributed by atoms with Gasteiger partial charge >= 0.3 is 0 Å². The number of hydrogen-bond acceptors (Lipinski definition) is 3. The topological polar surface area (TPSA) is 61.4 Å². The summed E-state index contributed by atoms with van der Waals surface area (Å²) in [5.41, 5.74) is 3.14. The van der Waals surface area contributed by atoms with Gasteiger partial charge in [0.05, 0.1) is 6.10 Å². The van der Waals surface area contributed by atoms with Crippen LogP contribution in [0.1, 0.15) is 44.7 Å². The molecule has 0 aliphatic carbocycles. The third-order valence-electron chi connectivity index (χ3n) is 4.35. The van der Waals surface area contributed by atoms with Crippen molar-refractivity contribution in [2.45, 2.75) is 59.6 Å². The van der Waals surface area contributed by atoms with Gasteiger partial charge in [-0.3, -0.25) is 4.79 Å². The lowest BCUT2D eigenvalue weighted by Crippen LogP contribution is -2.38. The van der Waals surface area contributed by atoms with Gasteiger partial charge in [0, 0.05) is 24.7 Å². The zero-order chi connectivity index (χ0) is 16.7. The number of carbonyl (C=O) groups excluding carboxylic acids is 1. The molecule has 0 radical (unpaired) electrons. The Kier molecular flexibility index (Phi) is 7.56. The zero-order valence-electron chi connectivity index (χ0n) is 14.4. The molecule has 3 N–H and O–H groups in total. The molecule has 3 unspecified atom stereocenters. The SMILES string of the molecule is CCC(C)C(O)CNC(C)CC(=O)Nc1cccc(C)c1C. The molecule has 0 saturated carbocycles. The van der Waals surface area contributed by atoms with Crippen LogP contribution >= 0.6 is 0 Å². The Labute approximate surface area is 134 Å². The average molecular weight is 306 g/mol. The third-order valence-corrected chi connectivity index (χ3v) is 4.35. The lowest BCUT2D eigenvalue weighted by molar-refractivity contribution is -0.116. The van der Waals surface area contributed by atoms with E-state index in [0.717, 1.165) is 17.7 Å². The van der Waals surface area contributed by atoms with Crippen molar-refractivity contribution in [1.82, 2.24) is 5.32 Å². The largest absolute Gasteiger partial charge is 0.392 e. The molecule has 4 nitrogen and oxygen atoms in total. The molecule has 3 atom stereocenters. The van der Waals surface area contributed by atoms with Gasteiger partial charge in [-0.05, 0) is 43.9 Å².